The number of aromatic nitrogens is 2. The predicted molar refractivity (Wildman–Crippen MR) is 77.4 cm³/mol. The number of hydrogen-bond acceptors (Lipinski definition) is 5. The summed E-state index contributed by atoms with van der Waals surface area (Å²) in [6.45, 7) is 6.23. The van der Waals surface area contributed by atoms with Crippen LogP contribution in [0.4, 0.5) is 11.8 Å². The average Bonchev–Trinajstić information content (AvgIpc) is 2.75. The van der Waals surface area contributed by atoms with Crippen LogP contribution in [0.25, 0.3) is 0 Å². The summed E-state index contributed by atoms with van der Waals surface area (Å²) in [5.41, 5.74) is 0.950. The van der Waals surface area contributed by atoms with Crippen molar-refractivity contribution < 1.29 is 0 Å². The van der Waals surface area contributed by atoms with Gasteiger partial charge in [0, 0.05) is 28.6 Å². The van der Waals surface area contributed by atoms with E-state index < -0.39 is 0 Å². The second-order valence-electron chi connectivity index (χ2n) is 4.28. The molecule has 0 aliphatic rings. The quantitative estimate of drug-likeness (QED) is 0.887. The Morgan fingerprint density at radius 2 is 2.00 bits per heavy atom. The van der Waals surface area contributed by atoms with Gasteiger partial charge in [-0.25, -0.2) is 4.98 Å². The first-order chi connectivity index (χ1) is 8.58. The third-order valence-electron chi connectivity index (χ3n) is 2.63. The molecule has 96 valence electrons. The zero-order valence-corrected chi connectivity index (χ0v) is 11.9. The number of rotatable bonds is 4. The highest BCUT2D eigenvalue weighted by Crippen LogP contribution is 2.25. The highest BCUT2D eigenvalue weighted by atomic mass is 32.1. The monoisotopic (exact) mass is 262 g/mol. The van der Waals surface area contributed by atoms with Crippen LogP contribution in [0.5, 0.6) is 0 Å². The van der Waals surface area contributed by atoms with Gasteiger partial charge < -0.3 is 10.6 Å². The Morgan fingerprint density at radius 1 is 1.22 bits per heavy atom. The van der Waals surface area contributed by atoms with E-state index in [1.165, 1.54) is 9.75 Å². The van der Waals surface area contributed by atoms with E-state index >= 15 is 0 Å². The minimum absolute atomic E-state index is 0.253. The van der Waals surface area contributed by atoms with Crippen LogP contribution in [0.1, 0.15) is 28.4 Å². The Bertz CT molecular complexity index is 536. The molecule has 0 aliphatic carbocycles. The largest absolute Gasteiger partial charge is 0.363 e. The van der Waals surface area contributed by atoms with Gasteiger partial charge >= 0.3 is 0 Å². The molecule has 0 saturated heterocycles. The normalized spacial score (nSPS) is 12.2. The number of thiophene rings is 1. The summed E-state index contributed by atoms with van der Waals surface area (Å²) in [4.78, 5) is 11.3. The summed E-state index contributed by atoms with van der Waals surface area (Å²) < 4.78 is 0. The predicted octanol–water partition coefficient (Wildman–Crippen LogP) is 3.37. The number of nitrogens with one attached hydrogen (secondary N) is 2. The van der Waals surface area contributed by atoms with Gasteiger partial charge in [0.15, 0.2) is 0 Å². The molecule has 0 fully saturated rings. The molecule has 0 spiro atoms. The number of nitrogens with zero attached hydrogens (tertiary/aromatic N) is 2. The summed E-state index contributed by atoms with van der Waals surface area (Å²) in [6.07, 6.45) is 0. The van der Waals surface area contributed by atoms with E-state index in [1.807, 2.05) is 31.4 Å². The molecule has 2 aromatic heterocycles. The van der Waals surface area contributed by atoms with Gasteiger partial charge in [0.2, 0.25) is 5.95 Å². The Kier molecular flexibility index (Phi) is 3.81. The molecule has 1 unspecified atom stereocenters. The van der Waals surface area contributed by atoms with Gasteiger partial charge in [-0.1, -0.05) is 0 Å². The molecule has 18 heavy (non-hydrogen) atoms. The average molecular weight is 262 g/mol. The molecule has 0 amide bonds. The Morgan fingerprint density at radius 3 is 2.61 bits per heavy atom. The van der Waals surface area contributed by atoms with Gasteiger partial charge in [0.25, 0.3) is 0 Å². The highest BCUT2D eigenvalue weighted by molar-refractivity contribution is 7.12. The second kappa shape index (κ2) is 5.35. The van der Waals surface area contributed by atoms with Crippen LogP contribution in [0.3, 0.4) is 0 Å². The Hall–Kier alpha value is -1.62. The fourth-order valence-corrected chi connectivity index (χ4v) is 2.61. The van der Waals surface area contributed by atoms with Crippen molar-refractivity contribution in [2.45, 2.75) is 26.8 Å². The van der Waals surface area contributed by atoms with Crippen molar-refractivity contribution in [3.05, 3.63) is 33.6 Å². The summed E-state index contributed by atoms with van der Waals surface area (Å²) in [7, 11) is 1.82. The second-order valence-corrected chi connectivity index (χ2v) is 5.60. The molecule has 1 atom stereocenters. The van der Waals surface area contributed by atoms with E-state index in [9.17, 15) is 0 Å². The third-order valence-corrected chi connectivity index (χ3v) is 3.81. The van der Waals surface area contributed by atoms with Crippen LogP contribution >= 0.6 is 11.3 Å². The van der Waals surface area contributed by atoms with Crippen molar-refractivity contribution >= 4 is 23.1 Å². The smallest absolute Gasteiger partial charge is 0.224 e. The molecule has 5 heteroatoms. The van der Waals surface area contributed by atoms with Crippen LogP contribution in [0.15, 0.2) is 18.2 Å². The van der Waals surface area contributed by atoms with Crippen molar-refractivity contribution in [3.63, 3.8) is 0 Å². The molecule has 2 heterocycles. The first-order valence-electron chi connectivity index (χ1n) is 5.95. The van der Waals surface area contributed by atoms with Crippen LogP contribution in [0.2, 0.25) is 0 Å². The maximum Gasteiger partial charge on any atom is 0.224 e. The lowest BCUT2D eigenvalue weighted by atomic mass is 10.2. The van der Waals surface area contributed by atoms with Gasteiger partial charge in [-0.3, -0.25) is 0 Å². The lowest BCUT2D eigenvalue weighted by Gasteiger charge is -2.14. The fourth-order valence-electron chi connectivity index (χ4n) is 1.73. The van der Waals surface area contributed by atoms with E-state index in [0.717, 1.165) is 11.5 Å². The van der Waals surface area contributed by atoms with Crippen molar-refractivity contribution in [1.29, 1.82) is 0 Å². The molecule has 0 aliphatic heterocycles. The summed E-state index contributed by atoms with van der Waals surface area (Å²) >= 11 is 1.81. The zero-order chi connectivity index (χ0) is 13.1. The van der Waals surface area contributed by atoms with Crippen molar-refractivity contribution in [1.82, 2.24) is 9.97 Å². The van der Waals surface area contributed by atoms with Gasteiger partial charge in [-0.05, 0) is 32.9 Å². The molecule has 0 bridgehead atoms. The number of aryl methyl sites for hydroxylation is 2. The topological polar surface area (TPSA) is 49.8 Å². The molecular formula is C13H18N4S. The third kappa shape index (κ3) is 2.98. The number of anilines is 2. The van der Waals surface area contributed by atoms with E-state index in [1.54, 1.807) is 0 Å². The minimum Gasteiger partial charge on any atom is -0.363 e. The first-order valence-corrected chi connectivity index (χ1v) is 6.76. The SMILES string of the molecule is CNc1nc(C)cc(NC(C)c2ccc(C)s2)n1. The highest BCUT2D eigenvalue weighted by Gasteiger charge is 2.09. The summed E-state index contributed by atoms with van der Waals surface area (Å²) in [5.74, 6) is 1.50. The standard InChI is InChI=1S/C13H18N4S/c1-8-7-12(17-13(14-4)15-8)16-10(3)11-6-5-9(2)18-11/h5-7,10H,1-4H3,(H2,14,15,16,17). The lowest BCUT2D eigenvalue weighted by molar-refractivity contribution is 0.891. The lowest BCUT2D eigenvalue weighted by Crippen LogP contribution is -2.08. The molecule has 2 rings (SSSR count). The van der Waals surface area contributed by atoms with Gasteiger partial charge in [0.1, 0.15) is 5.82 Å². The van der Waals surface area contributed by atoms with Crippen LogP contribution in [-0.2, 0) is 0 Å². The minimum atomic E-state index is 0.253. The number of hydrogen-bond donors (Lipinski definition) is 2. The van der Waals surface area contributed by atoms with Gasteiger partial charge in [0.05, 0.1) is 6.04 Å². The van der Waals surface area contributed by atoms with Gasteiger partial charge in [-0.2, -0.15) is 4.98 Å². The molecule has 2 aromatic rings. The maximum atomic E-state index is 4.40. The van der Waals surface area contributed by atoms with E-state index in [0.29, 0.717) is 5.95 Å². The van der Waals surface area contributed by atoms with Crippen molar-refractivity contribution in [3.8, 4) is 0 Å². The Balaban J connectivity index is 2.16. The fraction of sp³-hybridized carbons (Fsp3) is 0.385. The van der Waals surface area contributed by atoms with Crippen LogP contribution in [-0.4, -0.2) is 17.0 Å². The van der Waals surface area contributed by atoms with E-state index in [-0.39, 0.29) is 6.04 Å². The maximum absolute atomic E-state index is 4.40. The van der Waals surface area contributed by atoms with E-state index in [2.05, 4.69) is 46.6 Å². The molecule has 4 nitrogen and oxygen atoms in total. The van der Waals surface area contributed by atoms with Gasteiger partial charge in [-0.15, -0.1) is 11.3 Å². The summed E-state index contributed by atoms with van der Waals surface area (Å²) in [5, 5.41) is 6.37. The Labute approximate surface area is 111 Å². The first kappa shape index (κ1) is 12.8. The van der Waals surface area contributed by atoms with Crippen LogP contribution < -0.4 is 10.6 Å². The van der Waals surface area contributed by atoms with Crippen molar-refractivity contribution in [2.24, 2.45) is 0 Å². The molecule has 0 radical (unpaired) electrons. The summed E-state index contributed by atoms with van der Waals surface area (Å²) in [6, 6.07) is 6.51. The van der Waals surface area contributed by atoms with Crippen molar-refractivity contribution in [2.75, 3.05) is 17.7 Å². The molecule has 0 aromatic carbocycles. The van der Waals surface area contributed by atoms with Crippen LogP contribution in [0, 0.1) is 13.8 Å². The zero-order valence-electron chi connectivity index (χ0n) is 11.1. The molecule has 2 N–H and O–H groups in total. The van der Waals surface area contributed by atoms with E-state index in [4.69, 9.17) is 0 Å². The molecular weight excluding hydrogens is 244 g/mol. The molecule has 0 saturated carbocycles.